The van der Waals surface area contributed by atoms with Gasteiger partial charge >= 0.3 is 0 Å². The van der Waals surface area contributed by atoms with Gasteiger partial charge in [-0.15, -0.1) is 0 Å². The lowest BCUT2D eigenvalue weighted by atomic mass is 10.0. The van der Waals surface area contributed by atoms with E-state index in [1.807, 2.05) is 43.3 Å². The van der Waals surface area contributed by atoms with Crippen molar-refractivity contribution in [1.82, 2.24) is 5.32 Å². The number of rotatable bonds is 4. The van der Waals surface area contributed by atoms with Crippen LogP contribution < -0.4 is 10.1 Å². The zero-order valence-corrected chi connectivity index (χ0v) is 13.1. The summed E-state index contributed by atoms with van der Waals surface area (Å²) in [6, 6.07) is 13.5. The van der Waals surface area contributed by atoms with Gasteiger partial charge in [0.05, 0.1) is 13.2 Å². The fourth-order valence-electron chi connectivity index (χ4n) is 2.25. The predicted octanol–water partition coefficient (Wildman–Crippen LogP) is 4.21. The molecule has 21 heavy (non-hydrogen) atoms. The van der Waals surface area contributed by atoms with Gasteiger partial charge in [0.15, 0.2) is 0 Å². The molecule has 110 valence electrons. The van der Waals surface area contributed by atoms with E-state index in [1.54, 1.807) is 13.2 Å². The average Bonchev–Trinajstić information content (AvgIpc) is 2.46. The Balaban J connectivity index is 2.31. The minimum absolute atomic E-state index is 0.0159. The number of hydrogen-bond donors (Lipinski definition) is 1. The second kappa shape index (κ2) is 6.64. The summed E-state index contributed by atoms with van der Waals surface area (Å²) in [4.78, 5) is 11.1. The van der Waals surface area contributed by atoms with Crippen LogP contribution in [0.25, 0.3) is 11.1 Å². The molecule has 0 heterocycles. The van der Waals surface area contributed by atoms with Crippen LogP contribution >= 0.6 is 11.6 Å². The molecule has 1 amide bonds. The fraction of sp³-hybridized carbons (Fsp3) is 0.235. The molecular weight excluding hydrogens is 286 g/mol. The van der Waals surface area contributed by atoms with Crippen molar-refractivity contribution >= 4 is 17.5 Å². The van der Waals surface area contributed by atoms with Crippen LogP contribution in [0.5, 0.6) is 5.75 Å². The SMILES string of the molecule is COc1ccc(Cl)cc1-c1ccc(C(C)NC(C)=O)cc1. The van der Waals surface area contributed by atoms with Gasteiger partial charge in [0.1, 0.15) is 5.75 Å². The van der Waals surface area contributed by atoms with Crippen molar-refractivity contribution in [1.29, 1.82) is 0 Å². The Morgan fingerprint density at radius 2 is 1.86 bits per heavy atom. The lowest BCUT2D eigenvalue weighted by molar-refractivity contribution is -0.119. The van der Waals surface area contributed by atoms with E-state index in [0.717, 1.165) is 22.4 Å². The highest BCUT2D eigenvalue weighted by Gasteiger charge is 2.09. The molecule has 1 N–H and O–H groups in total. The third kappa shape index (κ3) is 3.76. The van der Waals surface area contributed by atoms with Crippen LogP contribution in [0.2, 0.25) is 5.02 Å². The van der Waals surface area contributed by atoms with Crippen LogP contribution in [0.4, 0.5) is 0 Å². The zero-order valence-electron chi connectivity index (χ0n) is 12.3. The Morgan fingerprint density at radius 3 is 2.43 bits per heavy atom. The first-order chi connectivity index (χ1) is 10.0. The summed E-state index contributed by atoms with van der Waals surface area (Å²) in [5.41, 5.74) is 3.02. The van der Waals surface area contributed by atoms with E-state index in [4.69, 9.17) is 16.3 Å². The summed E-state index contributed by atoms with van der Waals surface area (Å²) in [5.74, 6) is 0.741. The highest BCUT2D eigenvalue weighted by Crippen LogP contribution is 2.33. The maximum Gasteiger partial charge on any atom is 0.217 e. The first kappa shape index (κ1) is 15.4. The highest BCUT2D eigenvalue weighted by atomic mass is 35.5. The first-order valence-corrected chi connectivity index (χ1v) is 7.10. The van der Waals surface area contributed by atoms with Crippen molar-refractivity contribution in [3.63, 3.8) is 0 Å². The van der Waals surface area contributed by atoms with Crippen molar-refractivity contribution < 1.29 is 9.53 Å². The van der Waals surface area contributed by atoms with Crippen LogP contribution in [-0.2, 0) is 4.79 Å². The largest absolute Gasteiger partial charge is 0.496 e. The molecule has 2 aromatic carbocycles. The van der Waals surface area contributed by atoms with Crippen LogP contribution in [0.15, 0.2) is 42.5 Å². The van der Waals surface area contributed by atoms with Gasteiger partial charge in [-0.3, -0.25) is 4.79 Å². The highest BCUT2D eigenvalue weighted by molar-refractivity contribution is 6.31. The van der Waals surface area contributed by atoms with Gasteiger partial charge in [-0.05, 0) is 36.2 Å². The quantitative estimate of drug-likeness (QED) is 0.918. The molecule has 4 heteroatoms. The van der Waals surface area contributed by atoms with E-state index in [9.17, 15) is 4.79 Å². The summed E-state index contributed by atoms with van der Waals surface area (Å²) >= 11 is 6.06. The molecular formula is C17H18ClNO2. The first-order valence-electron chi connectivity index (χ1n) is 6.72. The van der Waals surface area contributed by atoms with Crippen molar-refractivity contribution in [2.75, 3.05) is 7.11 Å². The van der Waals surface area contributed by atoms with Gasteiger partial charge in [-0.25, -0.2) is 0 Å². The van der Waals surface area contributed by atoms with Crippen LogP contribution in [0.1, 0.15) is 25.5 Å². The molecule has 0 radical (unpaired) electrons. The Hall–Kier alpha value is -2.00. The monoisotopic (exact) mass is 303 g/mol. The molecule has 1 atom stereocenters. The Labute approximate surface area is 129 Å². The number of methoxy groups -OCH3 is 1. The van der Waals surface area contributed by atoms with E-state index in [1.165, 1.54) is 6.92 Å². The second-order valence-electron chi connectivity index (χ2n) is 4.89. The zero-order chi connectivity index (χ0) is 15.4. The lowest BCUT2D eigenvalue weighted by Crippen LogP contribution is -2.23. The molecule has 2 rings (SSSR count). The fourth-order valence-corrected chi connectivity index (χ4v) is 2.42. The number of amides is 1. The van der Waals surface area contributed by atoms with Crippen molar-refractivity contribution in [3.8, 4) is 16.9 Å². The second-order valence-corrected chi connectivity index (χ2v) is 5.33. The molecule has 3 nitrogen and oxygen atoms in total. The number of ether oxygens (including phenoxy) is 1. The smallest absolute Gasteiger partial charge is 0.217 e. The lowest BCUT2D eigenvalue weighted by Gasteiger charge is -2.14. The third-order valence-corrected chi connectivity index (χ3v) is 3.54. The van der Waals surface area contributed by atoms with Crippen molar-refractivity contribution in [2.45, 2.75) is 19.9 Å². The van der Waals surface area contributed by atoms with E-state index in [-0.39, 0.29) is 11.9 Å². The molecule has 0 fully saturated rings. The number of benzene rings is 2. The maximum absolute atomic E-state index is 11.1. The summed E-state index contributed by atoms with van der Waals surface area (Å²) in [5, 5.41) is 3.53. The van der Waals surface area contributed by atoms with Gasteiger partial charge in [0.25, 0.3) is 0 Å². The molecule has 0 aromatic heterocycles. The van der Waals surface area contributed by atoms with E-state index in [0.29, 0.717) is 5.02 Å². The Morgan fingerprint density at radius 1 is 1.19 bits per heavy atom. The Bertz CT molecular complexity index is 638. The molecule has 2 aromatic rings. The van der Waals surface area contributed by atoms with Crippen molar-refractivity contribution in [2.24, 2.45) is 0 Å². The third-order valence-electron chi connectivity index (χ3n) is 3.30. The molecule has 0 bridgehead atoms. The molecule has 0 saturated heterocycles. The summed E-state index contributed by atoms with van der Waals surface area (Å²) in [6.45, 7) is 3.47. The molecule has 0 aliphatic rings. The van der Waals surface area contributed by atoms with Gasteiger partial charge in [-0.2, -0.15) is 0 Å². The van der Waals surface area contributed by atoms with Gasteiger partial charge in [-0.1, -0.05) is 35.9 Å². The van der Waals surface area contributed by atoms with E-state index < -0.39 is 0 Å². The maximum atomic E-state index is 11.1. The van der Waals surface area contributed by atoms with Crippen LogP contribution in [0, 0.1) is 0 Å². The number of nitrogens with one attached hydrogen (secondary N) is 1. The summed E-state index contributed by atoms with van der Waals surface area (Å²) in [7, 11) is 1.64. The summed E-state index contributed by atoms with van der Waals surface area (Å²) in [6.07, 6.45) is 0. The number of carbonyl (C=O) groups is 1. The molecule has 0 saturated carbocycles. The number of halogens is 1. The Kier molecular flexibility index (Phi) is 4.86. The number of carbonyl (C=O) groups excluding carboxylic acids is 1. The molecule has 0 spiro atoms. The molecule has 0 aliphatic carbocycles. The number of hydrogen-bond acceptors (Lipinski definition) is 2. The van der Waals surface area contributed by atoms with Crippen LogP contribution in [-0.4, -0.2) is 13.0 Å². The predicted molar refractivity (Wildman–Crippen MR) is 85.7 cm³/mol. The van der Waals surface area contributed by atoms with Gasteiger partial charge in [0.2, 0.25) is 5.91 Å². The van der Waals surface area contributed by atoms with Crippen molar-refractivity contribution in [3.05, 3.63) is 53.1 Å². The standard InChI is InChI=1S/C17H18ClNO2/c1-11(19-12(2)20)13-4-6-14(7-5-13)16-10-15(18)8-9-17(16)21-3/h4-11H,1-3H3,(H,19,20). The van der Waals surface area contributed by atoms with Crippen LogP contribution in [0.3, 0.4) is 0 Å². The minimum Gasteiger partial charge on any atom is -0.496 e. The minimum atomic E-state index is -0.0388. The van der Waals surface area contributed by atoms with Gasteiger partial charge in [0, 0.05) is 17.5 Å². The van der Waals surface area contributed by atoms with Gasteiger partial charge < -0.3 is 10.1 Å². The summed E-state index contributed by atoms with van der Waals surface area (Å²) < 4.78 is 5.37. The van der Waals surface area contributed by atoms with E-state index >= 15 is 0 Å². The molecule has 1 unspecified atom stereocenters. The molecule has 0 aliphatic heterocycles. The normalized spacial score (nSPS) is 11.8. The average molecular weight is 304 g/mol. The topological polar surface area (TPSA) is 38.3 Å². The van der Waals surface area contributed by atoms with E-state index in [2.05, 4.69) is 5.32 Å².